The van der Waals surface area contributed by atoms with Crippen LogP contribution in [0, 0.1) is 11.3 Å². The number of nitrogens with one attached hydrogen (secondary N) is 1. The van der Waals surface area contributed by atoms with Gasteiger partial charge in [-0.2, -0.15) is 5.26 Å². The lowest BCUT2D eigenvalue weighted by molar-refractivity contribution is -0.147. The molecule has 0 bridgehead atoms. The van der Waals surface area contributed by atoms with Gasteiger partial charge in [-0.3, -0.25) is 24.1 Å². The van der Waals surface area contributed by atoms with E-state index in [0.717, 1.165) is 4.90 Å². The second-order valence-electron chi connectivity index (χ2n) is 6.04. The smallest absolute Gasteiger partial charge is 0.306 e. The van der Waals surface area contributed by atoms with Gasteiger partial charge >= 0.3 is 5.97 Å². The van der Waals surface area contributed by atoms with E-state index in [1.807, 2.05) is 6.07 Å². The highest BCUT2D eigenvalue weighted by atomic mass is 79.9. The largest absolute Gasteiger partial charge is 0.456 e. The van der Waals surface area contributed by atoms with E-state index in [2.05, 4.69) is 21.2 Å². The fourth-order valence-corrected chi connectivity index (χ4v) is 3.84. The molecule has 0 unspecified atom stereocenters. The van der Waals surface area contributed by atoms with E-state index in [0.29, 0.717) is 26.2 Å². The van der Waals surface area contributed by atoms with Crippen LogP contribution in [-0.2, 0) is 14.3 Å². The predicted octanol–water partition coefficient (Wildman–Crippen LogP) is 2.94. The van der Waals surface area contributed by atoms with Crippen molar-refractivity contribution in [3.63, 3.8) is 0 Å². The summed E-state index contributed by atoms with van der Waals surface area (Å²) in [4.78, 5) is 49.4. The number of nitriles is 1. The van der Waals surface area contributed by atoms with Gasteiger partial charge in [-0.25, -0.2) is 0 Å². The Labute approximate surface area is 178 Å². The first kappa shape index (κ1) is 20.7. The lowest BCUT2D eigenvalue weighted by Crippen LogP contribution is -2.31. The van der Waals surface area contributed by atoms with Gasteiger partial charge in [0.25, 0.3) is 17.7 Å². The molecule has 3 rings (SSSR count). The quantitative estimate of drug-likeness (QED) is 0.485. The molecule has 0 fully saturated rings. The van der Waals surface area contributed by atoms with Crippen LogP contribution in [0.15, 0.2) is 34.1 Å². The van der Waals surface area contributed by atoms with Gasteiger partial charge in [0.1, 0.15) is 11.1 Å². The monoisotopic (exact) mass is 475 g/mol. The number of esters is 1. The van der Waals surface area contributed by atoms with Gasteiger partial charge < -0.3 is 10.1 Å². The summed E-state index contributed by atoms with van der Waals surface area (Å²) in [5.41, 5.74) is 0.999. The van der Waals surface area contributed by atoms with E-state index in [1.165, 1.54) is 11.3 Å². The number of fused-ring (bicyclic) bond motifs is 1. The average Bonchev–Trinajstić information content (AvgIpc) is 3.24. The van der Waals surface area contributed by atoms with Crippen molar-refractivity contribution in [2.75, 3.05) is 18.5 Å². The number of hydrogen-bond donors (Lipinski definition) is 1. The maximum absolute atomic E-state index is 12.3. The highest BCUT2D eigenvalue weighted by Gasteiger charge is 2.35. The third-order valence-corrected chi connectivity index (χ3v) is 5.42. The normalized spacial score (nSPS) is 12.5. The Morgan fingerprint density at radius 3 is 2.72 bits per heavy atom. The minimum atomic E-state index is -0.619. The third-order valence-electron chi connectivity index (χ3n) is 4.10. The van der Waals surface area contributed by atoms with Crippen LogP contribution in [0.1, 0.15) is 39.1 Å². The molecule has 1 N–H and O–H groups in total. The number of carbonyl (C=O) groups excluding carboxylic acids is 4. The first-order chi connectivity index (χ1) is 13.9. The van der Waals surface area contributed by atoms with Crippen LogP contribution in [0.5, 0.6) is 0 Å². The second-order valence-corrected chi connectivity index (χ2v) is 7.87. The number of halogens is 1. The highest BCUT2D eigenvalue weighted by molar-refractivity contribution is 9.10. The molecule has 0 atom stereocenters. The van der Waals surface area contributed by atoms with Crippen molar-refractivity contribution in [2.24, 2.45) is 0 Å². The zero-order valence-corrected chi connectivity index (χ0v) is 17.3. The highest BCUT2D eigenvalue weighted by Crippen LogP contribution is 2.26. The fraction of sp³-hybridized carbons (Fsp3) is 0.211. The van der Waals surface area contributed by atoms with Gasteiger partial charge in [-0.05, 0) is 36.1 Å². The number of hydrogen-bond acceptors (Lipinski definition) is 7. The van der Waals surface area contributed by atoms with E-state index in [1.54, 1.807) is 29.6 Å². The molecular weight excluding hydrogens is 462 g/mol. The molecule has 0 spiro atoms. The van der Waals surface area contributed by atoms with Crippen molar-refractivity contribution in [3.05, 3.63) is 50.8 Å². The number of rotatable bonds is 7. The Bertz CT molecular complexity index is 1040. The molecule has 29 heavy (non-hydrogen) atoms. The number of ether oxygens (including phenoxy) is 1. The van der Waals surface area contributed by atoms with Crippen molar-refractivity contribution >= 4 is 56.0 Å². The standard InChI is InChI=1S/C19H14BrN3O5S/c20-12-3-4-13-14(8-12)19(27)23(18(13)26)6-1-2-16(25)28-10-15(24)22-17-11(9-21)5-7-29-17/h3-5,7-8H,1-2,6,10H2,(H,22,24). The van der Waals surface area contributed by atoms with Crippen LogP contribution in [0.2, 0.25) is 0 Å². The average molecular weight is 476 g/mol. The van der Waals surface area contributed by atoms with E-state index in [4.69, 9.17) is 10.00 Å². The van der Waals surface area contributed by atoms with E-state index >= 15 is 0 Å². The van der Waals surface area contributed by atoms with Crippen LogP contribution >= 0.6 is 27.3 Å². The molecule has 0 saturated heterocycles. The Morgan fingerprint density at radius 2 is 1.97 bits per heavy atom. The van der Waals surface area contributed by atoms with Crippen LogP contribution in [0.4, 0.5) is 5.00 Å². The van der Waals surface area contributed by atoms with E-state index in [9.17, 15) is 19.2 Å². The molecule has 1 aromatic heterocycles. The van der Waals surface area contributed by atoms with Crippen LogP contribution in [0.25, 0.3) is 0 Å². The second kappa shape index (κ2) is 8.98. The zero-order chi connectivity index (χ0) is 21.0. The van der Waals surface area contributed by atoms with Crippen molar-refractivity contribution in [1.82, 2.24) is 4.90 Å². The fourth-order valence-electron chi connectivity index (χ4n) is 2.72. The van der Waals surface area contributed by atoms with Crippen molar-refractivity contribution in [1.29, 1.82) is 5.26 Å². The Kier molecular flexibility index (Phi) is 6.41. The molecule has 0 aliphatic carbocycles. The lowest BCUT2D eigenvalue weighted by Gasteiger charge is -2.13. The molecule has 3 amide bonds. The first-order valence-corrected chi connectivity index (χ1v) is 10.2. The SMILES string of the molecule is N#Cc1ccsc1NC(=O)COC(=O)CCCN1C(=O)c2ccc(Br)cc2C1=O. The molecule has 1 aromatic carbocycles. The Hall–Kier alpha value is -3.03. The summed E-state index contributed by atoms with van der Waals surface area (Å²) in [7, 11) is 0. The van der Waals surface area contributed by atoms with E-state index in [-0.39, 0.29) is 19.4 Å². The van der Waals surface area contributed by atoms with Gasteiger partial charge in [0, 0.05) is 17.4 Å². The number of amides is 3. The number of imide groups is 1. The summed E-state index contributed by atoms with van der Waals surface area (Å²) in [5.74, 6) is -1.97. The Balaban J connectivity index is 1.42. The number of nitrogens with zero attached hydrogens (tertiary/aromatic N) is 2. The van der Waals surface area contributed by atoms with Gasteiger partial charge in [0.2, 0.25) is 0 Å². The van der Waals surface area contributed by atoms with Gasteiger partial charge in [0.15, 0.2) is 6.61 Å². The maximum atomic E-state index is 12.3. The van der Waals surface area contributed by atoms with Crippen molar-refractivity contribution < 1.29 is 23.9 Å². The summed E-state index contributed by atoms with van der Waals surface area (Å²) < 4.78 is 5.60. The minimum absolute atomic E-state index is 0.0488. The summed E-state index contributed by atoms with van der Waals surface area (Å²) in [6, 6.07) is 8.37. The van der Waals surface area contributed by atoms with Crippen LogP contribution in [0.3, 0.4) is 0 Å². The third kappa shape index (κ3) is 4.70. The molecule has 1 aliphatic heterocycles. The van der Waals surface area contributed by atoms with Crippen molar-refractivity contribution in [3.8, 4) is 6.07 Å². The first-order valence-electron chi connectivity index (χ1n) is 8.49. The van der Waals surface area contributed by atoms with Gasteiger partial charge in [-0.15, -0.1) is 11.3 Å². The summed E-state index contributed by atoms with van der Waals surface area (Å²) >= 11 is 4.46. The molecular formula is C19H14BrN3O5S. The number of carbonyl (C=O) groups is 4. The predicted molar refractivity (Wildman–Crippen MR) is 107 cm³/mol. The molecule has 0 radical (unpaired) electrons. The molecule has 10 heteroatoms. The molecule has 8 nitrogen and oxygen atoms in total. The molecule has 0 saturated carbocycles. The maximum Gasteiger partial charge on any atom is 0.306 e. The number of thiophene rings is 1. The molecule has 2 heterocycles. The minimum Gasteiger partial charge on any atom is -0.456 e. The van der Waals surface area contributed by atoms with Crippen molar-refractivity contribution in [2.45, 2.75) is 12.8 Å². The van der Waals surface area contributed by atoms with Gasteiger partial charge in [0.05, 0.1) is 16.7 Å². The van der Waals surface area contributed by atoms with Crippen LogP contribution < -0.4 is 5.32 Å². The zero-order valence-electron chi connectivity index (χ0n) is 14.9. The Morgan fingerprint density at radius 1 is 1.21 bits per heavy atom. The summed E-state index contributed by atoms with van der Waals surface area (Å²) in [6.45, 7) is -0.408. The molecule has 1 aliphatic rings. The molecule has 2 aromatic rings. The number of benzene rings is 1. The molecule has 148 valence electrons. The summed E-state index contributed by atoms with van der Waals surface area (Å²) in [5, 5.41) is 13.5. The summed E-state index contributed by atoms with van der Waals surface area (Å²) in [6.07, 6.45) is 0.170. The van der Waals surface area contributed by atoms with Gasteiger partial charge in [-0.1, -0.05) is 15.9 Å². The topological polar surface area (TPSA) is 117 Å². The van der Waals surface area contributed by atoms with E-state index < -0.39 is 30.3 Å². The lowest BCUT2D eigenvalue weighted by atomic mass is 10.1. The number of anilines is 1. The van der Waals surface area contributed by atoms with Crippen LogP contribution in [-0.4, -0.2) is 41.7 Å².